The normalized spacial score (nSPS) is 10.5. The third-order valence-electron chi connectivity index (χ3n) is 4.79. The number of furan rings is 1. The summed E-state index contributed by atoms with van der Waals surface area (Å²) >= 11 is 0. The highest BCUT2D eigenvalue weighted by Gasteiger charge is 2.23. The van der Waals surface area contributed by atoms with Crippen molar-refractivity contribution in [1.29, 1.82) is 0 Å². The van der Waals surface area contributed by atoms with Gasteiger partial charge in [-0.05, 0) is 48.9 Å². The smallest absolute Gasteiger partial charge is 0.254 e. The van der Waals surface area contributed by atoms with Crippen molar-refractivity contribution >= 4 is 11.8 Å². The van der Waals surface area contributed by atoms with Crippen LogP contribution in [0.5, 0.6) is 0 Å². The second-order valence-electron chi connectivity index (χ2n) is 7.30. The van der Waals surface area contributed by atoms with Crippen molar-refractivity contribution in [2.24, 2.45) is 0 Å². The molecule has 6 heteroatoms. The lowest BCUT2D eigenvalue weighted by Gasteiger charge is -2.27. The summed E-state index contributed by atoms with van der Waals surface area (Å²) in [5, 5.41) is 0. The Balaban J connectivity index is 1.79. The third kappa shape index (κ3) is 6.15. The first-order valence-electron chi connectivity index (χ1n) is 9.97. The molecule has 1 aromatic heterocycles. The summed E-state index contributed by atoms with van der Waals surface area (Å²) in [6.07, 6.45) is 3.14. The first-order chi connectivity index (χ1) is 15.0. The molecule has 0 aliphatic heterocycles. The molecular weight excluding hydrogens is 395 g/mol. The maximum atomic E-state index is 13.3. The molecule has 0 spiro atoms. The van der Waals surface area contributed by atoms with Crippen LogP contribution in [0.25, 0.3) is 0 Å². The topological polar surface area (TPSA) is 53.8 Å². The maximum Gasteiger partial charge on any atom is 0.254 e. The fraction of sp³-hybridized carbons (Fsp3) is 0.200. The second-order valence-corrected chi connectivity index (χ2v) is 7.30. The summed E-state index contributed by atoms with van der Waals surface area (Å²) < 4.78 is 18.7. The lowest BCUT2D eigenvalue weighted by atomic mass is 10.1. The molecule has 0 unspecified atom stereocenters. The number of rotatable bonds is 9. The first kappa shape index (κ1) is 22.0. The molecule has 2 aromatic carbocycles. The van der Waals surface area contributed by atoms with Crippen LogP contribution in [-0.4, -0.2) is 34.7 Å². The van der Waals surface area contributed by atoms with Crippen molar-refractivity contribution in [3.63, 3.8) is 0 Å². The van der Waals surface area contributed by atoms with Crippen LogP contribution in [0.2, 0.25) is 0 Å². The van der Waals surface area contributed by atoms with Gasteiger partial charge in [0.1, 0.15) is 18.1 Å². The predicted molar refractivity (Wildman–Crippen MR) is 117 cm³/mol. The zero-order valence-corrected chi connectivity index (χ0v) is 17.5. The summed E-state index contributed by atoms with van der Waals surface area (Å²) in [6, 6.07) is 16.8. The minimum atomic E-state index is -0.339. The number of carbonyl (C=O) groups excluding carboxylic acids is 2. The van der Waals surface area contributed by atoms with E-state index in [1.165, 1.54) is 17.0 Å². The van der Waals surface area contributed by atoms with Crippen LogP contribution in [0.15, 0.2) is 84.0 Å². The summed E-state index contributed by atoms with van der Waals surface area (Å²) in [5.74, 6) is -0.204. The van der Waals surface area contributed by atoms with Crippen LogP contribution >= 0.6 is 0 Å². The van der Waals surface area contributed by atoms with E-state index in [0.717, 1.165) is 11.1 Å². The molecule has 0 aliphatic carbocycles. The molecule has 0 saturated carbocycles. The average molecular weight is 420 g/mol. The van der Waals surface area contributed by atoms with Gasteiger partial charge in [-0.1, -0.05) is 35.9 Å². The molecule has 0 fully saturated rings. The van der Waals surface area contributed by atoms with Crippen molar-refractivity contribution in [2.45, 2.75) is 20.0 Å². The number of halogens is 1. The quantitative estimate of drug-likeness (QED) is 0.476. The molecule has 5 nitrogen and oxygen atoms in total. The highest BCUT2D eigenvalue weighted by molar-refractivity contribution is 5.96. The Morgan fingerprint density at radius 2 is 1.81 bits per heavy atom. The van der Waals surface area contributed by atoms with E-state index in [2.05, 4.69) is 6.58 Å². The molecule has 0 aliphatic rings. The molecule has 160 valence electrons. The molecule has 31 heavy (non-hydrogen) atoms. The number of amides is 2. The van der Waals surface area contributed by atoms with Crippen molar-refractivity contribution in [1.82, 2.24) is 9.80 Å². The number of hydrogen-bond donors (Lipinski definition) is 0. The van der Waals surface area contributed by atoms with Gasteiger partial charge in [0.2, 0.25) is 5.91 Å². The fourth-order valence-corrected chi connectivity index (χ4v) is 3.23. The van der Waals surface area contributed by atoms with Gasteiger partial charge in [0.05, 0.1) is 12.8 Å². The van der Waals surface area contributed by atoms with Crippen LogP contribution in [-0.2, 0) is 17.9 Å². The van der Waals surface area contributed by atoms with Gasteiger partial charge in [0, 0.05) is 18.7 Å². The van der Waals surface area contributed by atoms with Gasteiger partial charge in [-0.25, -0.2) is 4.39 Å². The summed E-state index contributed by atoms with van der Waals surface area (Å²) in [4.78, 5) is 29.3. The lowest BCUT2D eigenvalue weighted by molar-refractivity contribution is -0.133. The van der Waals surface area contributed by atoms with E-state index in [-0.39, 0.29) is 43.8 Å². The third-order valence-corrected chi connectivity index (χ3v) is 4.79. The van der Waals surface area contributed by atoms with E-state index in [1.54, 1.807) is 53.6 Å². The van der Waals surface area contributed by atoms with Crippen molar-refractivity contribution in [2.75, 3.05) is 13.1 Å². The first-order valence-corrected chi connectivity index (χ1v) is 9.97. The Morgan fingerprint density at radius 1 is 1.03 bits per heavy atom. The number of nitrogens with zero attached hydrogens (tertiary/aromatic N) is 2. The number of aryl methyl sites for hydroxylation is 1. The van der Waals surface area contributed by atoms with Gasteiger partial charge in [-0.2, -0.15) is 0 Å². The number of carbonyl (C=O) groups is 2. The fourth-order valence-electron chi connectivity index (χ4n) is 3.23. The molecule has 0 bridgehead atoms. The van der Waals surface area contributed by atoms with Gasteiger partial charge in [-0.3, -0.25) is 9.59 Å². The van der Waals surface area contributed by atoms with E-state index in [4.69, 9.17) is 4.42 Å². The minimum absolute atomic E-state index is 0.110. The molecule has 0 N–H and O–H groups in total. The molecule has 2 amide bonds. The molecule has 1 heterocycles. The predicted octanol–water partition coefficient (Wildman–Crippen LogP) is 4.58. The van der Waals surface area contributed by atoms with Crippen LogP contribution in [0.1, 0.15) is 27.2 Å². The molecule has 0 radical (unpaired) electrons. The van der Waals surface area contributed by atoms with Crippen molar-refractivity contribution < 1.29 is 18.4 Å². The van der Waals surface area contributed by atoms with Gasteiger partial charge < -0.3 is 14.2 Å². The van der Waals surface area contributed by atoms with Crippen LogP contribution in [0.4, 0.5) is 4.39 Å². The zero-order chi connectivity index (χ0) is 22.2. The van der Waals surface area contributed by atoms with Crippen molar-refractivity contribution in [3.8, 4) is 0 Å². The zero-order valence-electron chi connectivity index (χ0n) is 17.5. The Bertz CT molecular complexity index is 1030. The molecule has 0 atom stereocenters. The van der Waals surface area contributed by atoms with Gasteiger partial charge >= 0.3 is 0 Å². The summed E-state index contributed by atoms with van der Waals surface area (Å²) in [7, 11) is 0. The van der Waals surface area contributed by atoms with Crippen LogP contribution < -0.4 is 0 Å². The highest BCUT2D eigenvalue weighted by Crippen LogP contribution is 2.14. The van der Waals surface area contributed by atoms with E-state index in [1.807, 2.05) is 19.1 Å². The number of benzene rings is 2. The Labute approximate surface area is 181 Å². The number of hydrogen-bond acceptors (Lipinski definition) is 3. The lowest BCUT2D eigenvalue weighted by Crippen LogP contribution is -2.42. The summed E-state index contributed by atoms with van der Waals surface area (Å²) in [5.41, 5.74) is 2.26. The largest absolute Gasteiger partial charge is 0.467 e. The maximum absolute atomic E-state index is 13.3. The second kappa shape index (κ2) is 10.4. The highest BCUT2D eigenvalue weighted by atomic mass is 19.1. The Morgan fingerprint density at radius 3 is 2.45 bits per heavy atom. The average Bonchev–Trinajstić information content (AvgIpc) is 3.27. The molecular formula is C25H25FN2O3. The van der Waals surface area contributed by atoms with Crippen LogP contribution in [0.3, 0.4) is 0 Å². The van der Waals surface area contributed by atoms with E-state index >= 15 is 0 Å². The van der Waals surface area contributed by atoms with Gasteiger partial charge in [0.15, 0.2) is 0 Å². The minimum Gasteiger partial charge on any atom is -0.467 e. The molecule has 3 rings (SSSR count). The SMILES string of the molecule is C=CCN(CC(=O)N(Cc1ccc(F)cc1)Cc1ccco1)C(=O)c1cccc(C)c1. The van der Waals surface area contributed by atoms with Gasteiger partial charge in [0.25, 0.3) is 5.91 Å². The summed E-state index contributed by atoms with van der Waals surface area (Å²) in [6.45, 7) is 6.26. The van der Waals surface area contributed by atoms with Crippen LogP contribution in [0, 0.1) is 12.7 Å². The monoisotopic (exact) mass is 420 g/mol. The van der Waals surface area contributed by atoms with E-state index < -0.39 is 0 Å². The molecule has 0 saturated heterocycles. The Hall–Kier alpha value is -3.67. The van der Waals surface area contributed by atoms with Gasteiger partial charge in [-0.15, -0.1) is 6.58 Å². The standard InChI is InChI=1S/C25H25FN2O3/c1-3-13-27(25(30)21-7-4-6-19(2)15-21)18-24(29)28(17-23-8-5-14-31-23)16-20-9-11-22(26)12-10-20/h3-12,14-15H,1,13,16-18H2,2H3. The van der Waals surface area contributed by atoms with E-state index in [0.29, 0.717) is 11.3 Å². The van der Waals surface area contributed by atoms with E-state index in [9.17, 15) is 14.0 Å². The van der Waals surface area contributed by atoms with Crippen molar-refractivity contribution in [3.05, 3.63) is 108 Å². The Kier molecular flexibility index (Phi) is 7.38. The molecule has 3 aromatic rings.